The Bertz CT molecular complexity index is 1120. The van der Waals surface area contributed by atoms with Crippen LogP contribution in [0.5, 0.6) is 0 Å². The van der Waals surface area contributed by atoms with Gasteiger partial charge in [-0.15, -0.1) is 9.46 Å². The minimum Gasteiger partial charge on any atom is -0.382 e. The van der Waals surface area contributed by atoms with Crippen molar-refractivity contribution in [2.75, 3.05) is 17.6 Å². The minimum absolute atomic E-state index is 0.255. The highest BCUT2D eigenvalue weighted by molar-refractivity contribution is 8.10. The maximum Gasteiger partial charge on any atom is 0.331 e. The SMILES string of the molecule is CCCCCP(=S)(On1cnc2c(N)ncnc21)On1cnc2c(N)ncnc21. The predicted molar refractivity (Wildman–Crippen MR) is 111 cm³/mol. The van der Waals surface area contributed by atoms with E-state index in [2.05, 4.69) is 36.8 Å². The molecule has 0 amide bonds. The van der Waals surface area contributed by atoms with E-state index in [1.165, 1.54) is 34.8 Å². The molecule has 0 unspecified atom stereocenters. The second-order valence-electron chi connectivity index (χ2n) is 6.21. The zero-order valence-corrected chi connectivity index (χ0v) is 17.3. The average molecular weight is 434 g/mol. The van der Waals surface area contributed by atoms with E-state index < -0.39 is 6.49 Å². The first kappa shape index (κ1) is 19.3. The fourth-order valence-electron chi connectivity index (χ4n) is 2.70. The van der Waals surface area contributed by atoms with Crippen molar-refractivity contribution < 1.29 is 9.25 Å². The van der Waals surface area contributed by atoms with Crippen molar-refractivity contribution in [1.82, 2.24) is 39.4 Å². The molecule has 0 spiro atoms. The van der Waals surface area contributed by atoms with Gasteiger partial charge >= 0.3 is 6.49 Å². The molecular weight excluding hydrogens is 415 g/mol. The number of nitrogens with zero attached hydrogens (tertiary/aromatic N) is 8. The van der Waals surface area contributed by atoms with Gasteiger partial charge in [-0.05, 0) is 18.2 Å². The van der Waals surface area contributed by atoms with E-state index in [4.69, 9.17) is 32.5 Å². The van der Waals surface area contributed by atoms with E-state index in [1.54, 1.807) is 0 Å². The Hall–Kier alpha value is -3.05. The van der Waals surface area contributed by atoms with Gasteiger partial charge < -0.3 is 20.7 Å². The number of hydrogen-bond donors (Lipinski definition) is 2. The van der Waals surface area contributed by atoms with Crippen LogP contribution in [0.4, 0.5) is 11.6 Å². The van der Waals surface area contributed by atoms with Crippen LogP contribution in [0.1, 0.15) is 26.2 Å². The van der Waals surface area contributed by atoms with Gasteiger partial charge in [-0.3, -0.25) is 0 Å². The zero-order valence-electron chi connectivity index (χ0n) is 15.5. The molecule has 29 heavy (non-hydrogen) atoms. The fourth-order valence-corrected chi connectivity index (χ4v) is 5.10. The summed E-state index contributed by atoms with van der Waals surface area (Å²) in [6, 6.07) is 0. The lowest BCUT2D eigenvalue weighted by Crippen LogP contribution is -2.20. The van der Waals surface area contributed by atoms with Gasteiger partial charge in [0.2, 0.25) is 11.3 Å². The first-order valence-corrected chi connectivity index (χ1v) is 11.7. The molecule has 4 aromatic rings. The molecule has 0 radical (unpaired) electrons. The molecule has 0 aliphatic rings. The largest absolute Gasteiger partial charge is 0.382 e. The first-order chi connectivity index (χ1) is 14.0. The second kappa shape index (κ2) is 7.76. The molecule has 4 heterocycles. The van der Waals surface area contributed by atoms with Gasteiger partial charge in [0.05, 0.1) is 0 Å². The lowest BCUT2D eigenvalue weighted by atomic mass is 10.3. The summed E-state index contributed by atoms with van der Waals surface area (Å²) in [6.45, 7) is -0.780. The number of anilines is 2. The summed E-state index contributed by atoms with van der Waals surface area (Å²) in [4.78, 5) is 24.6. The molecule has 0 atom stereocenters. The summed E-state index contributed by atoms with van der Waals surface area (Å²) in [5.74, 6) is 0.510. The number of hydrogen-bond acceptors (Lipinski definition) is 11. The molecule has 0 saturated heterocycles. The number of rotatable bonds is 8. The van der Waals surface area contributed by atoms with Gasteiger partial charge in [-0.1, -0.05) is 19.8 Å². The Morgan fingerprint density at radius 3 is 1.86 bits per heavy atom. The standard InChI is InChI=1S/C15H19N10O2PS/c1-2-3-4-5-28(29,26-24-8-22-10-12(16)18-6-20-14(10)24)27-25-9-23-11-13(17)19-7-21-15(11)25/h6-9H,2-5H2,1H3,(H2,16,18,20)(H2,17,19,21). The first-order valence-electron chi connectivity index (χ1n) is 8.87. The van der Waals surface area contributed by atoms with E-state index in [9.17, 15) is 0 Å². The molecule has 0 aliphatic heterocycles. The summed E-state index contributed by atoms with van der Waals surface area (Å²) in [5.41, 5.74) is 13.4. The van der Waals surface area contributed by atoms with Crippen molar-refractivity contribution in [1.29, 1.82) is 0 Å². The maximum atomic E-state index is 6.10. The van der Waals surface area contributed by atoms with Crippen LogP contribution < -0.4 is 20.7 Å². The number of imidazole rings is 2. The quantitative estimate of drug-likeness (QED) is 0.303. The van der Waals surface area contributed by atoms with Gasteiger partial charge in [0, 0.05) is 6.16 Å². The number of unbranched alkanes of at least 4 members (excludes halogenated alkanes) is 2. The summed E-state index contributed by atoms with van der Waals surface area (Å²) in [6.07, 6.45) is 8.96. The molecule has 14 heteroatoms. The van der Waals surface area contributed by atoms with Crippen molar-refractivity contribution in [3.8, 4) is 0 Å². The molecule has 4 rings (SSSR count). The van der Waals surface area contributed by atoms with E-state index in [1.807, 2.05) is 0 Å². The molecule has 152 valence electrons. The van der Waals surface area contributed by atoms with Crippen molar-refractivity contribution in [3.63, 3.8) is 0 Å². The minimum atomic E-state index is -2.89. The summed E-state index contributed by atoms with van der Waals surface area (Å²) >= 11 is 5.82. The van der Waals surface area contributed by atoms with Crippen LogP contribution in [-0.2, 0) is 11.8 Å². The van der Waals surface area contributed by atoms with Crippen LogP contribution in [0.15, 0.2) is 25.3 Å². The van der Waals surface area contributed by atoms with Crippen LogP contribution in [0.25, 0.3) is 22.3 Å². The normalized spacial score (nSPS) is 11.9. The molecule has 4 aromatic heterocycles. The van der Waals surface area contributed by atoms with Gasteiger partial charge in [0.1, 0.15) is 25.3 Å². The van der Waals surface area contributed by atoms with Gasteiger partial charge in [0.25, 0.3) is 0 Å². The van der Waals surface area contributed by atoms with E-state index in [-0.39, 0.29) is 11.6 Å². The number of aromatic nitrogens is 8. The zero-order chi connectivity index (χ0) is 20.4. The maximum absolute atomic E-state index is 6.10. The third-order valence-corrected chi connectivity index (χ3v) is 6.78. The summed E-state index contributed by atoms with van der Waals surface area (Å²) in [5, 5.41) is 0. The fraction of sp³-hybridized carbons (Fsp3) is 0.333. The van der Waals surface area contributed by atoms with Crippen molar-refractivity contribution >= 4 is 52.3 Å². The smallest absolute Gasteiger partial charge is 0.331 e. The molecule has 12 nitrogen and oxygen atoms in total. The Morgan fingerprint density at radius 1 is 0.862 bits per heavy atom. The second-order valence-corrected chi connectivity index (χ2v) is 9.87. The van der Waals surface area contributed by atoms with Gasteiger partial charge in [0.15, 0.2) is 22.7 Å². The molecular formula is C15H19N10O2PS. The lowest BCUT2D eigenvalue weighted by Gasteiger charge is -2.22. The Kier molecular flexibility index (Phi) is 5.16. The van der Waals surface area contributed by atoms with Gasteiger partial charge in [-0.2, -0.15) is 0 Å². The molecule has 0 aliphatic carbocycles. The van der Waals surface area contributed by atoms with Crippen LogP contribution in [0, 0.1) is 0 Å². The molecule has 0 bridgehead atoms. The molecule has 0 saturated carbocycles. The van der Waals surface area contributed by atoms with Crippen LogP contribution in [-0.4, -0.2) is 45.5 Å². The number of nitrogens with two attached hydrogens (primary N) is 2. The Morgan fingerprint density at radius 2 is 1.38 bits per heavy atom. The summed E-state index contributed by atoms with van der Waals surface area (Å²) in [7, 11) is 0. The third kappa shape index (κ3) is 3.78. The van der Waals surface area contributed by atoms with Crippen LogP contribution >= 0.6 is 6.49 Å². The Labute approximate surface area is 170 Å². The highest BCUT2D eigenvalue weighted by Gasteiger charge is 2.26. The van der Waals surface area contributed by atoms with Crippen LogP contribution in [0.3, 0.4) is 0 Å². The van der Waals surface area contributed by atoms with E-state index >= 15 is 0 Å². The molecule has 0 aromatic carbocycles. The van der Waals surface area contributed by atoms with E-state index in [0.717, 1.165) is 19.3 Å². The Balaban J connectivity index is 1.68. The number of fused-ring (bicyclic) bond motifs is 2. The van der Waals surface area contributed by atoms with Gasteiger partial charge in [-0.25, -0.2) is 29.9 Å². The van der Waals surface area contributed by atoms with Crippen LogP contribution in [0.2, 0.25) is 0 Å². The molecule has 0 fully saturated rings. The highest BCUT2D eigenvalue weighted by Crippen LogP contribution is 2.43. The monoisotopic (exact) mass is 434 g/mol. The average Bonchev–Trinajstić information content (AvgIpc) is 3.28. The highest BCUT2D eigenvalue weighted by atomic mass is 32.5. The number of nitrogen functional groups attached to an aromatic ring is 2. The van der Waals surface area contributed by atoms with Crippen molar-refractivity contribution in [2.24, 2.45) is 0 Å². The third-order valence-electron chi connectivity index (χ3n) is 4.12. The predicted octanol–water partition coefficient (Wildman–Crippen LogP) is 1.19. The van der Waals surface area contributed by atoms with Crippen molar-refractivity contribution in [2.45, 2.75) is 26.2 Å². The molecule has 4 N–H and O–H groups in total. The van der Waals surface area contributed by atoms with Crippen molar-refractivity contribution in [3.05, 3.63) is 25.3 Å². The topological polar surface area (TPSA) is 158 Å². The lowest BCUT2D eigenvalue weighted by molar-refractivity contribution is 0.218. The van der Waals surface area contributed by atoms with E-state index in [0.29, 0.717) is 28.5 Å². The summed E-state index contributed by atoms with van der Waals surface area (Å²) < 4.78 is 15.0.